The summed E-state index contributed by atoms with van der Waals surface area (Å²) >= 11 is 1.33. The molecular formula is C25H28N6O2S. The van der Waals surface area contributed by atoms with Crippen LogP contribution < -0.4 is 5.32 Å². The maximum atomic E-state index is 13.4. The van der Waals surface area contributed by atoms with Crippen LogP contribution >= 0.6 is 11.8 Å². The second kappa shape index (κ2) is 9.50. The van der Waals surface area contributed by atoms with Gasteiger partial charge in [-0.3, -0.25) is 18.6 Å². The molecule has 1 aliphatic heterocycles. The smallest absolute Gasteiger partial charge is 0.243 e. The highest BCUT2D eigenvalue weighted by Gasteiger charge is 2.30. The number of fused-ring (bicyclic) bond motifs is 3. The van der Waals surface area contributed by atoms with E-state index in [1.54, 1.807) is 0 Å². The van der Waals surface area contributed by atoms with Crippen molar-refractivity contribution in [2.24, 2.45) is 0 Å². The van der Waals surface area contributed by atoms with E-state index in [0.717, 1.165) is 36.0 Å². The molecule has 3 heterocycles. The monoisotopic (exact) mass is 476 g/mol. The summed E-state index contributed by atoms with van der Waals surface area (Å²) in [6.45, 7) is 4.47. The molecule has 0 radical (unpaired) electrons. The highest BCUT2D eigenvalue weighted by atomic mass is 32.2. The number of amides is 2. The second-order valence-electron chi connectivity index (χ2n) is 8.83. The van der Waals surface area contributed by atoms with E-state index in [1.807, 2.05) is 68.5 Å². The van der Waals surface area contributed by atoms with Crippen molar-refractivity contribution in [3.63, 3.8) is 0 Å². The van der Waals surface area contributed by atoms with Crippen molar-refractivity contribution in [1.82, 2.24) is 24.1 Å². The first kappa shape index (κ1) is 22.5. The van der Waals surface area contributed by atoms with Crippen LogP contribution in [0.3, 0.4) is 0 Å². The fourth-order valence-corrected chi connectivity index (χ4v) is 5.60. The normalized spacial score (nSPS) is 18.5. The van der Waals surface area contributed by atoms with Crippen LogP contribution in [0.5, 0.6) is 0 Å². The number of nitrogens with one attached hydrogen (secondary N) is 1. The van der Waals surface area contributed by atoms with Crippen molar-refractivity contribution in [1.29, 1.82) is 0 Å². The molecule has 0 aliphatic carbocycles. The lowest BCUT2D eigenvalue weighted by Gasteiger charge is -2.39. The predicted molar refractivity (Wildman–Crippen MR) is 134 cm³/mol. The number of rotatable bonds is 6. The van der Waals surface area contributed by atoms with Crippen molar-refractivity contribution in [3.05, 3.63) is 54.6 Å². The Bertz CT molecular complexity index is 1320. The van der Waals surface area contributed by atoms with Gasteiger partial charge in [-0.15, -0.1) is 10.2 Å². The maximum Gasteiger partial charge on any atom is 0.243 e. The number of carbonyl (C=O) groups excluding carboxylic acids is 2. The van der Waals surface area contributed by atoms with Gasteiger partial charge in [0.15, 0.2) is 5.16 Å². The van der Waals surface area contributed by atoms with Crippen LogP contribution in [0.15, 0.2) is 59.8 Å². The Hall–Kier alpha value is -3.33. The third-order valence-corrected chi connectivity index (χ3v) is 7.36. The number of hydrogen-bond donors (Lipinski definition) is 1. The molecule has 2 aromatic carbocycles. The third kappa shape index (κ3) is 4.27. The van der Waals surface area contributed by atoms with Gasteiger partial charge in [-0.25, -0.2) is 0 Å². The first-order valence-corrected chi connectivity index (χ1v) is 12.6. The average molecular weight is 477 g/mol. The van der Waals surface area contributed by atoms with Crippen molar-refractivity contribution < 1.29 is 9.59 Å². The number of nitrogens with zero attached hydrogens (tertiary/aromatic N) is 5. The third-order valence-electron chi connectivity index (χ3n) is 6.44. The molecule has 5 rings (SSSR count). The molecule has 34 heavy (non-hydrogen) atoms. The second-order valence-corrected chi connectivity index (χ2v) is 9.77. The summed E-state index contributed by atoms with van der Waals surface area (Å²) in [5, 5.41) is 12.3. The molecule has 0 bridgehead atoms. The lowest BCUT2D eigenvalue weighted by molar-refractivity contribution is -0.137. The number of para-hydroxylation sites is 3. The summed E-state index contributed by atoms with van der Waals surface area (Å²) in [5.41, 5.74) is 2.60. The molecular weight excluding hydrogens is 448 g/mol. The van der Waals surface area contributed by atoms with Gasteiger partial charge in [0.2, 0.25) is 17.6 Å². The van der Waals surface area contributed by atoms with Gasteiger partial charge in [-0.1, -0.05) is 42.1 Å². The van der Waals surface area contributed by atoms with E-state index in [4.69, 9.17) is 0 Å². The maximum absolute atomic E-state index is 13.4. The Morgan fingerprint density at radius 2 is 1.65 bits per heavy atom. The van der Waals surface area contributed by atoms with E-state index in [2.05, 4.69) is 29.4 Å². The molecule has 0 spiro atoms. The standard InChI is InChI=1S/C25H28N6O2S/c1-17-9-8-10-18(2)30(17)23(33)15-29-20-13-6-7-14-21(20)31-24(29)27-28-25(31)34-16-22(32)26-19-11-4-3-5-12-19/h3-7,11-14,17-18H,8-10,15-16H2,1-2H3,(H,26,32)/t17-,18-/m0/s1. The largest absolute Gasteiger partial charge is 0.336 e. The molecule has 4 aromatic rings. The number of aromatic nitrogens is 4. The zero-order chi connectivity index (χ0) is 23.7. The molecule has 1 fully saturated rings. The number of piperidine rings is 1. The summed E-state index contributed by atoms with van der Waals surface area (Å²) in [7, 11) is 0. The van der Waals surface area contributed by atoms with Gasteiger partial charge >= 0.3 is 0 Å². The summed E-state index contributed by atoms with van der Waals surface area (Å²) in [6, 6.07) is 17.8. The van der Waals surface area contributed by atoms with Gasteiger partial charge in [0, 0.05) is 17.8 Å². The van der Waals surface area contributed by atoms with Crippen LogP contribution in [-0.4, -0.2) is 53.7 Å². The summed E-state index contributed by atoms with van der Waals surface area (Å²) in [4.78, 5) is 27.8. The lowest BCUT2D eigenvalue weighted by atomic mass is 9.97. The Labute approximate surface area is 202 Å². The minimum absolute atomic E-state index is 0.0994. The first-order chi connectivity index (χ1) is 16.5. The molecule has 1 N–H and O–H groups in total. The van der Waals surface area contributed by atoms with E-state index >= 15 is 0 Å². The van der Waals surface area contributed by atoms with E-state index in [0.29, 0.717) is 10.9 Å². The molecule has 2 aromatic heterocycles. The minimum Gasteiger partial charge on any atom is -0.336 e. The minimum atomic E-state index is -0.111. The van der Waals surface area contributed by atoms with Crippen molar-refractivity contribution in [3.8, 4) is 0 Å². The summed E-state index contributed by atoms with van der Waals surface area (Å²) < 4.78 is 3.87. The molecule has 9 heteroatoms. The Morgan fingerprint density at radius 3 is 2.38 bits per heavy atom. The Balaban J connectivity index is 1.40. The van der Waals surface area contributed by atoms with Crippen molar-refractivity contribution in [2.75, 3.05) is 11.1 Å². The van der Waals surface area contributed by atoms with Crippen LogP contribution in [-0.2, 0) is 16.1 Å². The number of carbonyl (C=O) groups is 2. The van der Waals surface area contributed by atoms with Gasteiger partial charge in [0.1, 0.15) is 6.54 Å². The number of imidazole rings is 1. The highest BCUT2D eigenvalue weighted by molar-refractivity contribution is 7.99. The van der Waals surface area contributed by atoms with Crippen LogP contribution in [0, 0.1) is 0 Å². The Morgan fingerprint density at radius 1 is 0.971 bits per heavy atom. The van der Waals surface area contributed by atoms with Gasteiger partial charge in [-0.05, 0) is 57.4 Å². The number of likely N-dealkylation sites (tertiary alicyclic amines) is 1. The van der Waals surface area contributed by atoms with E-state index in [9.17, 15) is 9.59 Å². The van der Waals surface area contributed by atoms with Crippen LogP contribution in [0.4, 0.5) is 5.69 Å². The topological polar surface area (TPSA) is 84.5 Å². The molecule has 2 amide bonds. The quantitative estimate of drug-likeness (QED) is 0.422. The van der Waals surface area contributed by atoms with Gasteiger partial charge in [0.05, 0.1) is 16.8 Å². The highest BCUT2D eigenvalue weighted by Crippen LogP contribution is 2.28. The average Bonchev–Trinajstić information content (AvgIpc) is 3.38. The molecule has 1 aliphatic rings. The number of anilines is 1. The first-order valence-electron chi connectivity index (χ1n) is 11.6. The Kier molecular flexibility index (Phi) is 6.28. The van der Waals surface area contributed by atoms with Gasteiger partial charge in [0.25, 0.3) is 0 Å². The zero-order valence-corrected chi connectivity index (χ0v) is 20.2. The predicted octanol–water partition coefficient (Wildman–Crippen LogP) is 4.20. The fourth-order valence-electron chi connectivity index (χ4n) is 4.86. The van der Waals surface area contributed by atoms with Crippen molar-refractivity contribution in [2.45, 2.75) is 56.9 Å². The number of benzene rings is 2. The zero-order valence-electron chi connectivity index (χ0n) is 19.3. The van der Waals surface area contributed by atoms with E-state index < -0.39 is 0 Å². The van der Waals surface area contributed by atoms with Crippen LogP contribution in [0.2, 0.25) is 0 Å². The molecule has 0 saturated carbocycles. The van der Waals surface area contributed by atoms with E-state index in [-0.39, 0.29) is 36.2 Å². The van der Waals surface area contributed by atoms with Gasteiger partial charge in [-0.2, -0.15) is 0 Å². The molecule has 8 nitrogen and oxygen atoms in total. The van der Waals surface area contributed by atoms with Crippen LogP contribution in [0.25, 0.3) is 16.8 Å². The lowest BCUT2D eigenvalue weighted by Crippen LogP contribution is -2.48. The van der Waals surface area contributed by atoms with Gasteiger partial charge < -0.3 is 10.2 Å². The molecule has 0 unspecified atom stereocenters. The molecule has 1 saturated heterocycles. The molecule has 176 valence electrons. The molecule has 2 atom stereocenters. The number of thioether (sulfide) groups is 1. The summed E-state index contributed by atoms with van der Waals surface area (Å²) in [6.07, 6.45) is 3.23. The number of hydrogen-bond acceptors (Lipinski definition) is 5. The van der Waals surface area contributed by atoms with Crippen molar-refractivity contribution >= 4 is 46.1 Å². The summed E-state index contributed by atoms with van der Waals surface area (Å²) in [5.74, 6) is 0.803. The SMILES string of the molecule is C[C@H]1CCC[C@H](C)N1C(=O)Cn1c2ccccc2n2c(SCC(=O)Nc3ccccc3)nnc12. The fraction of sp³-hybridized carbons (Fsp3) is 0.360. The van der Waals surface area contributed by atoms with Crippen LogP contribution in [0.1, 0.15) is 33.1 Å². The van der Waals surface area contributed by atoms with E-state index in [1.165, 1.54) is 11.8 Å².